The molecule has 1 aliphatic heterocycles. The standard InChI is InChI=1S/C19H22F2N2O3/c1-10(2)16-9-19(26-23-16)18-8-15(22-11(3)24)7-17(25-18)12-4-13(20)6-14(21)5-12/h4-6,9-10,15,17-18H,7-8H2,1-3H3,(H,22,24)/t15-,17-,18+/m1/s1. The Hall–Kier alpha value is -2.28. The highest BCUT2D eigenvalue weighted by atomic mass is 19.1. The number of aromatic nitrogens is 1. The van der Waals surface area contributed by atoms with Gasteiger partial charge in [0.2, 0.25) is 5.91 Å². The van der Waals surface area contributed by atoms with Crippen LogP contribution in [-0.2, 0) is 9.53 Å². The number of halogens is 2. The van der Waals surface area contributed by atoms with Crippen LogP contribution in [0.5, 0.6) is 0 Å². The van der Waals surface area contributed by atoms with Gasteiger partial charge < -0.3 is 14.6 Å². The van der Waals surface area contributed by atoms with Crippen LogP contribution in [0, 0.1) is 11.6 Å². The fraction of sp³-hybridized carbons (Fsp3) is 0.474. The van der Waals surface area contributed by atoms with Gasteiger partial charge in [0, 0.05) is 31.5 Å². The van der Waals surface area contributed by atoms with Crippen molar-refractivity contribution >= 4 is 5.91 Å². The number of carbonyl (C=O) groups is 1. The number of amides is 1. The van der Waals surface area contributed by atoms with Gasteiger partial charge in [-0.1, -0.05) is 19.0 Å². The molecule has 0 saturated carbocycles. The SMILES string of the molecule is CC(=O)N[C@H]1C[C@@H](c2cc(C(C)C)no2)O[C@@H](c2cc(F)cc(F)c2)C1. The highest BCUT2D eigenvalue weighted by Crippen LogP contribution is 2.39. The van der Waals surface area contributed by atoms with Gasteiger partial charge in [-0.25, -0.2) is 8.78 Å². The lowest BCUT2D eigenvalue weighted by Crippen LogP contribution is -2.39. The number of rotatable bonds is 4. The first-order chi connectivity index (χ1) is 12.3. The summed E-state index contributed by atoms with van der Waals surface area (Å²) in [6.45, 7) is 5.44. The Bertz CT molecular complexity index is 771. The fourth-order valence-corrected chi connectivity index (χ4v) is 3.21. The molecule has 1 aromatic heterocycles. The lowest BCUT2D eigenvalue weighted by molar-refractivity contribution is -0.122. The van der Waals surface area contributed by atoms with E-state index >= 15 is 0 Å². The van der Waals surface area contributed by atoms with E-state index in [0.717, 1.165) is 11.8 Å². The maximum atomic E-state index is 13.6. The molecule has 2 heterocycles. The van der Waals surface area contributed by atoms with Crippen LogP contribution in [0.1, 0.15) is 68.8 Å². The lowest BCUT2D eigenvalue weighted by atomic mass is 9.92. The monoisotopic (exact) mass is 364 g/mol. The summed E-state index contributed by atoms with van der Waals surface area (Å²) in [5, 5.41) is 6.91. The third kappa shape index (κ3) is 4.27. The summed E-state index contributed by atoms with van der Waals surface area (Å²) in [4.78, 5) is 11.5. The van der Waals surface area contributed by atoms with Crippen LogP contribution in [-0.4, -0.2) is 17.1 Å². The largest absolute Gasteiger partial charge is 0.362 e. The molecule has 0 unspecified atom stereocenters. The van der Waals surface area contributed by atoms with Crippen LogP contribution in [0.15, 0.2) is 28.8 Å². The van der Waals surface area contributed by atoms with Crippen molar-refractivity contribution in [2.75, 3.05) is 0 Å². The van der Waals surface area contributed by atoms with Crippen LogP contribution in [0.3, 0.4) is 0 Å². The molecule has 0 aliphatic carbocycles. The average Bonchev–Trinajstić information content (AvgIpc) is 3.03. The van der Waals surface area contributed by atoms with Gasteiger partial charge in [0.05, 0.1) is 11.8 Å². The van der Waals surface area contributed by atoms with Gasteiger partial charge in [-0.3, -0.25) is 4.79 Å². The van der Waals surface area contributed by atoms with Crippen molar-refractivity contribution in [3.8, 4) is 0 Å². The van der Waals surface area contributed by atoms with Gasteiger partial charge in [0.25, 0.3) is 0 Å². The van der Waals surface area contributed by atoms with E-state index in [2.05, 4.69) is 10.5 Å². The molecule has 2 aromatic rings. The fourth-order valence-electron chi connectivity index (χ4n) is 3.21. The predicted molar refractivity (Wildman–Crippen MR) is 90.4 cm³/mol. The second-order valence-corrected chi connectivity index (χ2v) is 6.99. The van der Waals surface area contributed by atoms with E-state index in [1.807, 2.05) is 19.9 Å². The molecule has 26 heavy (non-hydrogen) atoms. The summed E-state index contributed by atoms with van der Waals surface area (Å²) in [5.41, 5.74) is 1.20. The van der Waals surface area contributed by atoms with Crippen molar-refractivity contribution in [1.82, 2.24) is 10.5 Å². The summed E-state index contributed by atoms with van der Waals surface area (Å²) in [6, 6.07) is 4.95. The molecule has 1 N–H and O–H groups in total. The maximum absolute atomic E-state index is 13.6. The smallest absolute Gasteiger partial charge is 0.217 e. The van der Waals surface area contributed by atoms with Crippen molar-refractivity contribution in [1.29, 1.82) is 0 Å². The molecule has 0 bridgehead atoms. The van der Waals surface area contributed by atoms with Crippen LogP contribution >= 0.6 is 0 Å². The first kappa shape index (κ1) is 18.5. The minimum Gasteiger partial charge on any atom is -0.362 e. The Morgan fingerprint density at radius 3 is 2.38 bits per heavy atom. The molecular weight excluding hydrogens is 342 g/mol. The van der Waals surface area contributed by atoms with Gasteiger partial charge in [-0.15, -0.1) is 0 Å². The highest BCUT2D eigenvalue weighted by molar-refractivity contribution is 5.73. The molecular formula is C19H22F2N2O3. The molecule has 3 rings (SSSR count). The van der Waals surface area contributed by atoms with Gasteiger partial charge >= 0.3 is 0 Å². The van der Waals surface area contributed by atoms with Crippen LogP contribution in [0.4, 0.5) is 8.78 Å². The number of hydrogen-bond acceptors (Lipinski definition) is 4. The van der Waals surface area contributed by atoms with E-state index in [0.29, 0.717) is 24.2 Å². The average molecular weight is 364 g/mol. The quantitative estimate of drug-likeness (QED) is 0.884. The molecule has 1 aromatic carbocycles. The van der Waals surface area contributed by atoms with Crippen molar-refractivity contribution in [3.63, 3.8) is 0 Å². The maximum Gasteiger partial charge on any atom is 0.217 e. The Morgan fingerprint density at radius 2 is 1.81 bits per heavy atom. The minimum atomic E-state index is -0.663. The molecule has 0 spiro atoms. The number of nitrogens with one attached hydrogen (secondary N) is 1. The van der Waals surface area contributed by atoms with E-state index in [1.54, 1.807) is 0 Å². The number of carbonyl (C=O) groups excluding carboxylic acids is 1. The minimum absolute atomic E-state index is 0.166. The molecule has 1 amide bonds. The zero-order chi connectivity index (χ0) is 18.8. The molecule has 140 valence electrons. The van der Waals surface area contributed by atoms with E-state index in [9.17, 15) is 13.6 Å². The zero-order valence-electron chi connectivity index (χ0n) is 15.0. The Labute approximate surface area is 150 Å². The predicted octanol–water partition coefficient (Wildman–Crippen LogP) is 4.17. The summed E-state index contributed by atoms with van der Waals surface area (Å²) in [7, 11) is 0. The Morgan fingerprint density at radius 1 is 1.15 bits per heavy atom. The molecule has 1 saturated heterocycles. The van der Waals surface area contributed by atoms with Gasteiger partial charge in [-0.2, -0.15) is 0 Å². The third-order valence-corrected chi connectivity index (χ3v) is 4.45. The summed E-state index contributed by atoms with van der Waals surface area (Å²) in [6.07, 6.45) is -0.106. The van der Waals surface area contributed by atoms with Crippen molar-refractivity contribution in [2.24, 2.45) is 0 Å². The summed E-state index contributed by atoms with van der Waals surface area (Å²) < 4.78 is 38.7. The van der Waals surface area contributed by atoms with Crippen molar-refractivity contribution in [3.05, 3.63) is 52.9 Å². The second kappa shape index (κ2) is 7.53. The van der Waals surface area contributed by atoms with E-state index < -0.39 is 23.8 Å². The normalized spacial score (nSPS) is 23.2. The van der Waals surface area contributed by atoms with Crippen molar-refractivity contribution in [2.45, 2.75) is 57.8 Å². The third-order valence-electron chi connectivity index (χ3n) is 4.45. The van der Waals surface area contributed by atoms with Crippen LogP contribution in [0.25, 0.3) is 0 Å². The first-order valence-corrected chi connectivity index (χ1v) is 8.67. The number of benzene rings is 1. The molecule has 5 nitrogen and oxygen atoms in total. The Kier molecular flexibility index (Phi) is 5.36. The zero-order valence-corrected chi connectivity index (χ0v) is 15.0. The number of nitrogens with zero attached hydrogens (tertiary/aromatic N) is 1. The molecule has 0 radical (unpaired) electrons. The molecule has 1 fully saturated rings. The Balaban J connectivity index is 1.88. The van der Waals surface area contributed by atoms with Crippen molar-refractivity contribution < 1.29 is 22.8 Å². The van der Waals surface area contributed by atoms with Crippen LogP contribution in [0.2, 0.25) is 0 Å². The highest BCUT2D eigenvalue weighted by Gasteiger charge is 2.34. The number of hydrogen-bond donors (Lipinski definition) is 1. The second-order valence-electron chi connectivity index (χ2n) is 6.99. The molecule has 1 aliphatic rings. The van der Waals surface area contributed by atoms with E-state index in [4.69, 9.17) is 9.26 Å². The van der Waals surface area contributed by atoms with Gasteiger partial charge in [0.15, 0.2) is 5.76 Å². The van der Waals surface area contributed by atoms with Gasteiger partial charge in [-0.05, 0) is 30.0 Å². The summed E-state index contributed by atoms with van der Waals surface area (Å²) >= 11 is 0. The molecule has 7 heteroatoms. The lowest BCUT2D eigenvalue weighted by Gasteiger charge is -2.35. The van der Waals surface area contributed by atoms with E-state index in [1.165, 1.54) is 19.1 Å². The van der Waals surface area contributed by atoms with Crippen LogP contribution < -0.4 is 5.32 Å². The topological polar surface area (TPSA) is 64.4 Å². The van der Waals surface area contributed by atoms with E-state index in [-0.39, 0.29) is 17.9 Å². The first-order valence-electron chi connectivity index (χ1n) is 8.67. The number of ether oxygens (including phenoxy) is 1. The van der Waals surface area contributed by atoms with Gasteiger partial charge in [0.1, 0.15) is 17.7 Å². The summed E-state index contributed by atoms with van der Waals surface area (Å²) in [5.74, 6) is -0.742. The molecule has 3 atom stereocenters.